The van der Waals surface area contributed by atoms with Gasteiger partial charge in [0, 0.05) is 17.3 Å². The van der Waals surface area contributed by atoms with Crippen LogP contribution >= 0.6 is 0 Å². The molecule has 0 bridgehead atoms. The van der Waals surface area contributed by atoms with E-state index in [-0.39, 0.29) is 12.5 Å². The summed E-state index contributed by atoms with van der Waals surface area (Å²) in [5.74, 6) is -0.772. The first-order valence-electron chi connectivity index (χ1n) is 8.95. The zero-order valence-electron chi connectivity index (χ0n) is 15.3. The normalized spacial score (nSPS) is 16.4. The van der Waals surface area contributed by atoms with Crippen molar-refractivity contribution < 1.29 is 9.18 Å². The Hall–Kier alpha value is -3.38. The Labute approximate surface area is 162 Å². The van der Waals surface area contributed by atoms with E-state index in [1.165, 1.54) is 6.07 Å². The highest BCUT2D eigenvalue weighted by Gasteiger charge is 2.30. The van der Waals surface area contributed by atoms with Gasteiger partial charge in [0.1, 0.15) is 5.82 Å². The van der Waals surface area contributed by atoms with Gasteiger partial charge in [-0.25, -0.2) is 4.39 Å². The van der Waals surface area contributed by atoms with Crippen LogP contribution < -0.4 is 10.6 Å². The molecule has 1 aliphatic heterocycles. The van der Waals surface area contributed by atoms with E-state index in [1.807, 2.05) is 43.3 Å². The minimum absolute atomic E-state index is 0.255. The Morgan fingerprint density at radius 1 is 1.07 bits per heavy atom. The average Bonchev–Trinajstić information content (AvgIpc) is 2.79. The number of fused-ring (bicyclic) bond motifs is 1. The summed E-state index contributed by atoms with van der Waals surface area (Å²) in [7, 11) is 0. The Morgan fingerprint density at radius 3 is 2.54 bits per heavy atom. The summed E-state index contributed by atoms with van der Waals surface area (Å²) in [6.07, 6.45) is 0.576. The van der Waals surface area contributed by atoms with Crippen LogP contribution in [-0.2, 0) is 11.3 Å². The number of hydrogen-bond acceptors (Lipinski definition) is 4. The maximum Gasteiger partial charge on any atom is 0.266 e. The molecular formula is C22H19FN4O. The molecule has 1 aromatic heterocycles. The number of carbonyl (C=O) groups is 1. The third-order valence-electron chi connectivity index (χ3n) is 4.66. The summed E-state index contributed by atoms with van der Waals surface area (Å²) in [5, 5.41) is 0. The fourth-order valence-electron chi connectivity index (χ4n) is 3.33. The molecular weight excluding hydrogens is 355 g/mol. The summed E-state index contributed by atoms with van der Waals surface area (Å²) in [4.78, 5) is 23.3. The van der Waals surface area contributed by atoms with Gasteiger partial charge in [0.25, 0.3) is 5.91 Å². The van der Waals surface area contributed by atoms with E-state index in [2.05, 4.69) is 9.98 Å². The van der Waals surface area contributed by atoms with E-state index in [4.69, 9.17) is 5.73 Å². The summed E-state index contributed by atoms with van der Waals surface area (Å²) < 4.78 is 14.5. The van der Waals surface area contributed by atoms with Gasteiger partial charge in [-0.3, -0.25) is 14.8 Å². The third-order valence-corrected chi connectivity index (χ3v) is 4.66. The number of anilines is 1. The molecule has 0 radical (unpaired) electrons. The second-order valence-electron chi connectivity index (χ2n) is 6.67. The van der Waals surface area contributed by atoms with Crippen molar-refractivity contribution in [3.05, 3.63) is 95.1 Å². The molecule has 0 saturated heterocycles. The Balaban J connectivity index is 1.85. The van der Waals surface area contributed by atoms with Crippen LogP contribution in [0.1, 0.15) is 22.4 Å². The molecule has 3 aromatic rings. The smallest absolute Gasteiger partial charge is 0.266 e. The van der Waals surface area contributed by atoms with Gasteiger partial charge in [0.05, 0.1) is 23.6 Å². The van der Waals surface area contributed by atoms with Gasteiger partial charge in [-0.2, -0.15) is 0 Å². The zero-order valence-corrected chi connectivity index (χ0v) is 15.3. The van der Waals surface area contributed by atoms with Gasteiger partial charge in [0.2, 0.25) is 0 Å². The Morgan fingerprint density at radius 2 is 1.79 bits per heavy atom. The molecule has 1 aliphatic rings. The van der Waals surface area contributed by atoms with Crippen molar-refractivity contribution >= 4 is 17.3 Å². The molecule has 0 unspecified atom stereocenters. The van der Waals surface area contributed by atoms with E-state index in [1.54, 1.807) is 29.3 Å². The Kier molecular flexibility index (Phi) is 4.71. The highest BCUT2D eigenvalue weighted by Crippen LogP contribution is 2.29. The van der Waals surface area contributed by atoms with E-state index in [0.29, 0.717) is 22.5 Å². The van der Waals surface area contributed by atoms with Crippen molar-refractivity contribution in [1.82, 2.24) is 4.98 Å². The van der Waals surface area contributed by atoms with Crippen LogP contribution in [0.2, 0.25) is 0 Å². The predicted octanol–water partition coefficient (Wildman–Crippen LogP) is 3.20. The maximum absolute atomic E-state index is 14.5. The maximum atomic E-state index is 14.5. The van der Waals surface area contributed by atoms with Crippen molar-refractivity contribution in [3.63, 3.8) is 0 Å². The lowest BCUT2D eigenvalue weighted by molar-refractivity contribution is -0.119. The van der Waals surface area contributed by atoms with Crippen LogP contribution in [0.3, 0.4) is 0 Å². The molecule has 0 saturated carbocycles. The van der Waals surface area contributed by atoms with Crippen molar-refractivity contribution in [1.29, 1.82) is 0 Å². The summed E-state index contributed by atoms with van der Waals surface area (Å²) >= 11 is 0. The monoisotopic (exact) mass is 374 g/mol. The molecule has 6 heteroatoms. The number of benzene rings is 2. The molecule has 2 aromatic carbocycles. The average molecular weight is 374 g/mol. The zero-order chi connectivity index (χ0) is 19.7. The molecule has 2 N–H and O–H groups in total. The number of pyridine rings is 1. The summed E-state index contributed by atoms with van der Waals surface area (Å²) in [5.41, 5.74) is 9.85. The number of para-hydroxylation sites is 1. The molecule has 5 nitrogen and oxygen atoms in total. The number of carbonyl (C=O) groups excluding carboxylic acids is 1. The van der Waals surface area contributed by atoms with Crippen LogP contribution in [0.15, 0.2) is 71.9 Å². The van der Waals surface area contributed by atoms with Crippen LogP contribution in [0, 0.1) is 12.7 Å². The molecule has 28 heavy (non-hydrogen) atoms. The minimum Gasteiger partial charge on any atom is -0.303 e. The van der Waals surface area contributed by atoms with Gasteiger partial charge in [-0.1, -0.05) is 30.3 Å². The summed E-state index contributed by atoms with van der Waals surface area (Å²) in [6.45, 7) is 2.22. The second-order valence-corrected chi connectivity index (χ2v) is 6.67. The van der Waals surface area contributed by atoms with Crippen LogP contribution in [-0.4, -0.2) is 22.8 Å². The first-order valence-corrected chi connectivity index (χ1v) is 8.95. The molecule has 0 spiro atoms. The van der Waals surface area contributed by atoms with Gasteiger partial charge in [-0.05, 0) is 42.8 Å². The van der Waals surface area contributed by atoms with Crippen molar-refractivity contribution in [2.24, 2.45) is 10.7 Å². The first kappa shape index (κ1) is 18.0. The van der Waals surface area contributed by atoms with Crippen LogP contribution in [0.4, 0.5) is 10.1 Å². The lowest BCUT2D eigenvalue weighted by atomic mass is 9.99. The number of hydrogen-bond donors (Lipinski definition) is 1. The van der Waals surface area contributed by atoms with Crippen molar-refractivity contribution in [2.45, 2.75) is 19.6 Å². The quantitative estimate of drug-likeness (QED) is 0.765. The number of aryl methyl sites for hydroxylation is 1. The highest BCUT2D eigenvalue weighted by molar-refractivity contribution is 6.20. The topological polar surface area (TPSA) is 71.6 Å². The first-order chi connectivity index (χ1) is 13.5. The van der Waals surface area contributed by atoms with Gasteiger partial charge in [0.15, 0.2) is 6.17 Å². The second kappa shape index (κ2) is 7.32. The van der Waals surface area contributed by atoms with E-state index in [9.17, 15) is 9.18 Å². The molecule has 4 rings (SSSR count). The number of nitrogens with zero attached hydrogens (tertiary/aromatic N) is 3. The Bertz CT molecular complexity index is 1080. The lowest BCUT2D eigenvalue weighted by Crippen LogP contribution is -2.42. The molecule has 0 fully saturated rings. The standard InChI is InChI=1S/C22H19FN4O/c1-14-10-11-25-15(12-14)13-27-19-9-5-3-7-17(19)20(26-21(24)22(27)28)16-6-2-4-8-18(16)23/h2-12,21H,13,24H2,1H3/t21-/m0/s1. The van der Waals surface area contributed by atoms with Gasteiger partial charge < -0.3 is 10.6 Å². The number of benzodiazepines with no additional fused rings is 1. The highest BCUT2D eigenvalue weighted by atomic mass is 19.1. The number of aromatic nitrogens is 1. The lowest BCUT2D eigenvalue weighted by Gasteiger charge is -2.24. The molecule has 1 atom stereocenters. The fourth-order valence-corrected chi connectivity index (χ4v) is 3.33. The van der Waals surface area contributed by atoms with Crippen molar-refractivity contribution in [2.75, 3.05) is 4.90 Å². The van der Waals surface area contributed by atoms with E-state index in [0.717, 1.165) is 11.3 Å². The fraction of sp³-hybridized carbons (Fsp3) is 0.136. The largest absolute Gasteiger partial charge is 0.303 e. The van der Waals surface area contributed by atoms with Gasteiger partial charge in [-0.15, -0.1) is 0 Å². The third kappa shape index (κ3) is 3.30. The summed E-state index contributed by atoms with van der Waals surface area (Å²) in [6, 6.07) is 17.5. The minimum atomic E-state index is -1.13. The van der Waals surface area contributed by atoms with Crippen molar-refractivity contribution in [3.8, 4) is 0 Å². The number of rotatable bonds is 3. The van der Waals surface area contributed by atoms with Crippen LogP contribution in [0.25, 0.3) is 0 Å². The number of aliphatic imine (C=N–C) groups is 1. The molecule has 1 amide bonds. The van der Waals surface area contributed by atoms with E-state index >= 15 is 0 Å². The van der Waals surface area contributed by atoms with E-state index < -0.39 is 12.0 Å². The number of halogens is 1. The predicted molar refractivity (Wildman–Crippen MR) is 107 cm³/mol. The number of nitrogens with two attached hydrogens (primary N) is 1. The molecule has 140 valence electrons. The van der Waals surface area contributed by atoms with Gasteiger partial charge >= 0.3 is 0 Å². The SMILES string of the molecule is Cc1ccnc(CN2C(=O)[C@@H](N)N=C(c3ccccc3F)c3ccccc32)c1. The number of amides is 1. The molecule has 2 heterocycles. The molecule has 0 aliphatic carbocycles. The van der Waals surface area contributed by atoms with Crippen LogP contribution in [0.5, 0.6) is 0 Å².